The van der Waals surface area contributed by atoms with Crippen molar-refractivity contribution in [2.75, 3.05) is 12.4 Å². The molecular formula is C18H21N5O2S. The number of anilines is 1. The number of carbonyl (C=O) groups is 1. The second-order valence-corrected chi connectivity index (χ2v) is 7.22. The summed E-state index contributed by atoms with van der Waals surface area (Å²) in [5.74, 6) is 1.08. The fourth-order valence-corrected chi connectivity index (χ4v) is 4.17. The third-order valence-electron chi connectivity index (χ3n) is 4.63. The molecule has 0 saturated heterocycles. The highest BCUT2D eigenvalue weighted by Crippen LogP contribution is 2.32. The van der Waals surface area contributed by atoms with Gasteiger partial charge in [-0.25, -0.2) is 9.31 Å². The Balaban J connectivity index is 1.53. The molecular weight excluding hydrogens is 350 g/mol. The van der Waals surface area contributed by atoms with Gasteiger partial charge in [0.1, 0.15) is 5.75 Å². The maximum atomic E-state index is 12.2. The molecule has 1 aliphatic rings. The molecule has 0 bridgehead atoms. The Kier molecular flexibility index (Phi) is 4.75. The molecule has 3 aromatic rings. The molecule has 1 saturated carbocycles. The number of aromatic nitrogens is 3. The van der Waals surface area contributed by atoms with Crippen LogP contribution in [-0.2, 0) is 0 Å². The van der Waals surface area contributed by atoms with Crippen molar-refractivity contribution in [2.45, 2.75) is 38.1 Å². The van der Waals surface area contributed by atoms with Crippen molar-refractivity contribution in [2.24, 2.45) is 0 Å². The van der Waals surface area contributed by atoms with E-state index < -0.39 is 0 Å². The first kappa shape index (κ1) is 16.8. The fourth-order valence-electron chi connectivity index (χ4n) is 3.35. The largest absolute Gasteiger partial charge is 0.496 e. The number of rotatable bonds is 4. The third kappa shape index (κ3) is 3.37. The van der Waals surface area contributed by atoms with Crippen LogP contribution in [0.5, 0.6) is 5.75 Å². The highest BCUT2D eigenvalue weighted by Gasteiger charge is 2.18. The highest BCUT2D eigenvalue weighted by molar-refractivity contribution is 7.15. The minimum Gasteiger partial charge on any atom is -0.496 e. The topological polar surface area (TPSA) is 80.5 Å². The minimum atomic E-state index is -0.242. The van der Waals surface area contributed by atoms with Crippen LogP contribution in [0.25, 0.3) is 16.2 Å². The average Bonchev–Trinajstić information content (AvgIpc) is 3.22. The Labute approximate surface area is 155 Å². The van der Waals surface area contributed by atoms with Gasteiger partial charge in [-0.05, 0) is 25.0 Å². The van der Waals surface area contributed by atoms with E-state index in [0.29, 0.717) is 5.95 Å². The van der Waals surface area contributed by atoms with Gasteiger partial charge in [-0.15, -0.1) is 16.4 Å². The molecule has 0 aliphatic heterocycles. The second kappa shape index (κ2) is 7.33. The van der Waals surface area contributed by atoms with E-state index in [-0.39, 0.29) is 12.1 Å². The number of amides is 2. The van der Waals surface area contributed by atoms with E-state index in [4.69, 9.17) is 4.74 Å². The van der Waals surface area contributed by atoms with Crippen LogP contribution < -0.4 is 15.4 Å². The first-order chi connectivity index (χ1) is 12.7. The van der Waals surface area contributed by atoms with E-state index in [1.807, 2.05) is 29.6 Å². The van der Waals surface area contributed by atoms with Crippen molar-refractivity contribution in [3.8, 4) is 17.0 Å². The smallest absolute Gasteiger partial charge is 0.321 e. The highest BCUT2D eigenvalue weighted by atomic mass is 32.1. The van der Waals surface area contributed by atoms with Gasteiger partial charge < -0.3 is 10.1 Å². The van der Waals surface area contributed by atoms with Crippen LogP contribution in [0, 0.1) is 0 Å². The van der Waals surface area contributed by atoms with Crippen molar-refractivity contribution in [3.63, 3.8) is 0 Å². The van der Waals surface area contributed by atoms with Gasteiger partial charge in [-0.1, -0.05) is 31.4 Å². The van der Waals surface area contributed by atoms with Crippen molar-refractivity contribution < 1.29 is 9.53 Å². The summed E-state index contributed by atoms with van der Waals surface area (Å²) < 4.78 is 7.17. The van der Waals surface area contributed by atoms with E-state index in [1.165, 1.54) is 30.6 Å². The van der Waals surface area contributed by atoms with Crippen LogP contribution in [0.3, 0.4) is 0 Å². The number of nitrogens with one attached hydrogen (secondary N) is 2. The van der Waals surface area contributed by atoms with Crippen LogP contribution >= 0.6 is 11.3 Å². The maximum Gasteiger partial charge on any atom is 0.321 e. The summed E-state index contributed by atoms with van der Waals surface area (Å²) in [6, 6.07) is 7.77. The number of hydrogen-bond acceptors (Lipinski definition) is 5. The average molecular weight is 371 g/mol. The molecule has 4 rings (SSSR count). The Morgan fingerprint density at radius 2 is 2.08 bits per heavy atom. The molecule has 8 heteroatoms. The summed E-state index contributed by atoms with van der Waals surface area (Å²) in [5.41, 5.74) is 1.82. The summed E-state index contributed by atoms with van der Waals surface area (Å²) in [6.45, 7) is 0. The summed E-state index contributed by atoms with van der Waals surface area (Å²) in [5, 5.41) is 12.2. The number of carbonyl (C=O) groups excluding carboxylic acids is 1. The number of ether oxygens (including phenoxy) is 1. The summed E-state index contributed by atoms with van der Waals surface area (Å²) >= 11 is 1.47. The molecule has 2 heterocycles. The van der Waals surface area contributed by atoms with E-state index in [1.54, 1.807) is 11.6 Å². The predicted octanol–water partition coefficient (Wildman–Crippen LogP) is 3.92. The van der Waals surface area contributed by atoms with Crippen molar-refractivity contribution in [3.05, 3.63) is 29.6 Å². The van der Waals surface area contributed by atoms with E-state index in [0.717, 1.165) is 34.8 Å². The molecule has 0 unspecified atom stereocenters. The normalized spacial score (nSPS) is 15.1. The minimum absolute atomic E-state index is 0.242. The molecule has 26 heavy (non-hydrogen) atoms. The van der Waals surface area contributed by atoms with Crippen molar-refractivity contribution in [1.29, 1.82) is 0 Å². The van der Waals surface area contributed by atoms with Crippen molar-refractivity contribution >= 4 is 28.3 Å². The molecule has 0 atom stereocenters. The molecule has 0 spiro atoms. The summed E-state index contributed by atoms with van der Waals surface area (Å²) in [4.78, 5) is 17.3. The first-order valence-corrected chi connectivity index (χ1v) is 9.68. The van der Waals surface area contributed by atoms with E-state index in [2.05, 4.69) is 20.7 Å². The Morgan fingerprint density at radius 1 is 1.27 bits per heavy atom. The van der Waals surface area contributed by atoms with Crippen LogP contribution in [-0.4, -0.2) is 33.8 Å². The number of thiazole rings is 1. The van der Waals surface area contributed by atoms with Crippen LogP contribution in [0.4, 0.5) is 10.7 Å². The van der Waals surface area contributed by atoms with E-state index in [9.17, 15) is 4.79 Å². The number of benzene rings is 1. The lowest BCUT2D eigenvalue weighted by Crippen LogP contribution is -2.39. The number of fused-ring (bicyclic) bond motifs is 1. The number of para-hydroxylation sites is 1. The molecule has 1 aliphatic carbocycles. The number of hydrogen-bond donors (Lipinski definition) is 2. The lowest BCUT2D eigenvalue weighted by Gasteiger charge is -2.22. The number of nitrogens with zero attached hydrogens (tertiary/aromatic N) is 3. The zero-order valence-electron chi connectivity index (χ0n) is 14.6. The predicted molar refractivity (Wildman–Crippen MR) is 102 cm³/mol. The molecule has 7 nitrogen and oxygen atoms in total. The number of urea groups is 1. The van der Waals surface area contributed by atoms with Gasteiger partial charge in [-0.2, -0.15) is 4.98 Å². The summed E-state index contributed by atoms with van der Waals surface area (Å²) in [7, 11) is 1.65. The van der Waals surface area contributed by atoms with Gasteiger partial charge in [0.25, 0.3) is 5.95 Å². The quantitative estimate of drug-likeness (QED) is 0.728. The molecule has 2 N–H and O–H groups in total. The van der Waals surface area contributed by atoms with E-state index >= 15 is 0 Å². The molecule has 0 radical (unpaired) electrons. The van der Waals surface area contributed by atoms with Gasteiger partial charge in [0.2, 0.25) is 4.96 Å². The Bertz CT molecular complexity index is 913. The SMILES string of the molecule is COc1ccccc1-c1csc2nc(NC(=O)NC3CCCCC3)nn12. The van der Waals surface area contributed by atoms with Crippen LogP contribution in [0.2, 0.25) is 0 Å². The Hall–Kier alpha value is -2.61. The van der Waals surface area contributed by atoms with Gasteiger partial charge in [0.15, 0.2) is 0 Å². The van der Waals surface area contributed by atoms with Gasteiger partial charge in [0, 0.05) is 17.0 Å². The Morgan fingerprint density at radius 3 is 2.88 bits per heavy atom. The third-order valence-corrected chi connectivity index (χ3v) is 5.45. The number of methoxy groups -OCH3 is 1. The van der Waals surface area contributed by atoms with Crippen LogP contribution in [0.1, 0.15) is 32.1 Å². The molecule has 1 aromatic carbocycles. The van der Waals surface area contributed by atoms with Crippen LogP contribution in [0.15, 0.2) is 29.6 Å². The van der Waals surface area contributed by atoms with Crippen molar-refractivity contribution in [1.82, 2.24) is 19.9 Å². The maximum absolute atomic E-state index is 12.2. The zero-order chi connectivity index (χ0) is 17.9. The molecule has 1 fully saturated rings. The fraction of sp³-hybridized carbons (Fsp3) is 0.389. The first-order valence-electron chi connectivity index (χ1n) is 8.80. The molecule has 136 valence electrons. The van der Waals surface area contributed by atoms with Gasteiger partial charge in [0.05, 0.1) is 12.8 Å². The molecule has 2 amide bonds. The lowest BCUT2D eigenvalue weighted by atomic mass is 9.96. The lowest BCUT2D eigenvalue weighted by molar-refractivity contribution is 0.244. The zero-order valence-corrected chi connectivity index (χ0v) is 15.4. The summed E-state index contributed by atoms with van der Waals surface area (Å²) in [6.07, 6.45) is 5.68. The van der Waals surface area contributed by atoms with Gasteiger partial charge >= 0.3 is 6.03 Å². The second-order valence-electron chi connectivity index (χ2n) is 6.38. The standard InChI is InChI=1S/C18H21N5O2S/c1-25-15-10-6-5-9-13(15)14-11-26-18-21-16(22-23(14)18)20-17(24)19-12-7-3-2-4-8-12/h5-6,9-12H,2-4,7-8H2,1H3,(H2,19,20,22,24). The monoisotopic (exact) mass is 371 g/mol. The molecule has 2 aromatic heterocycles. The van der Waals surface area contributed by atoms with Gasteiger partial charge in [-0.3, -0.25) is 5.32 Å².